The average molecular weight is 184 g/mol. The average Bonchev–Trinajstić information content (AvgIpc) is 2.14. The molecule has 0 bridgehead atoms. The number of hydrogen-bond acceptors (Lipinski definition) is 3. The summed E-state index contributed by atoms with van der Waals surface area (Å²) >= 11 is 0. The lowest BCUT2D eigenvalue weighted by molar-refractivity contribution is -0.148. The van der Waals surface area contributed by atoms with Gasteiger partial charge in [-0.15, -0.1) is 6.58 Å². The minimum absolute atomic E-state index is 0.394. The highest BCUT2D eigenvalue weighted by molar-refractivity contribution is 5.89. The molecule has 0 radical (unpaired) electrons. The van der Waals surface area contributed by atoms with E-state index in [0.29, 0.717) is 12.9 Å². The maximum absolute atomic E-state index is 11.0. The number of unbranched alkanes of at least 4 members (excludes halogenated alkanes) is 2. The largest absolute Gasteiger partial charge is 0.465 e. The smallest absolute Gasteiger partial charge is 0.320 e. The minimum atomic E-state index is -0.804. The third-order valence-electron chi connectivity index (χ3n) is 1.66. The third-order valence-corrected chi connectivity index (χ3v) is 1.66. The van der Waals surface area contributed by atoms with Crippen LogP contribution in [0.15, 0.2) is 12.7 Å². The molecule has 1 atom stereocenters. The molecule has 3 nitrogen and oxygen atoms in total. The summed E-state index contributed by atoms with van der Waals surface area (Å²) in [6.07, 6.45) is 4.79. The van der Waals surface area contributed by atoms with Gasteiger partial charge in [-0.3, -0.25) is 4.79 Å². The van der Waals surface area contributed by atoms with E-state index >= 15 is 0 Å². The first kappa shape index (κ1) is 11.9. The van der Waals surface area contributed by atoms with Crippen LogP contribution in [-0.4, -0.2) is 18.9 Å². The molecular weight excluding hydrogens is 168 g/mol. The zero-order valence-electron chi connectivity index (χ0n) is 7.99. The Labute approximate surface area is 78.8 Å². The van der Waals surface area contributed by atoms with E-state index in [1.54, 1.807) is 0 Å². The molecule has 0 aromatic rings. The number of aldehydes is 1. The first-order valence-electron chi connectivity index (χ1n) is 4.50. The highest BCUT2D eigenvalue weighted by Crippen LogP contribution is 2.00. The summed E-state index contributed by atoms with van der Waals surface area (Å²) in [6.45, 7) is 5.83. The summed E-state index contributed by atoms with van der Waals surface area (Å²) in [5.41, 5.74) is 0. The van der Waals surface area contributed by atoms with Crippen LogP contribution in [0, 0.1) is 5.92 Å². The van der Waals surface area contributed by atoms with Crippen molar-refractivity contribution in [1.29, 1.82) is 0 Å². The van der Waals surface area contributed by atoms with E-state index < -0.39 is 11.9 Å². The van der Waals surface area contributed by atoms with Gasteiger partial charge in [-0.2, -0.15) is 0 Å². The summed E-state index contributed by atoms with van der Waals surface area (Å²) < 4.78 is 4.85. The van der Waals surface area contributed by atoms with E-state index in [4.69, 9.17) is 4.74 Å². The summed E-state index contributed by atoms with van der Waals surface area (Å²) in [7, 11) is 0. The fraction of sp³-hybridized carbons (Fsp3) is 0.600. The van der Waals surface area contributed by atoms with Crippen molar-refractivity contribution in [3.8, 4) is 0 Å². The molecule has 0 fully saturated rings. The van der Waals surface area contributed by atoms with Crippen LogP contribution in [0.3, 0.4) is 0 Å². The Hall–Kier alpha value is -1.12. The maximum atomic E-state index is 11.0. The minimum Gasteiger partial charge on any atom is -0.465 e. The first-order valence-corrected chi connectivity index (χ1v) is 4.50. The van der Waals surface area contributed by atoms with Gasteiger partial charge in [-0.25, -0.2) is 0 Å². The van der Waals surface area contributed by atoms with Gasteiger partial charge >= 0.3 is 5.97 Å². The monoisotopic (exact) mass is 184 g/mol. The molecule has 0 heterocycles. The Bertz CT molecular complexity index is 167. The molecule has 0 aromatic carbocycles. The number of esters is 1. The Morgan fingerprint density at radius 1 is 1.54 bits per heavy atom. The van der Waals surface area contributed by atoms with Crippen molar-refractivity contribution in [2.24, 2.45) is 5.92 Å². The predicted molar refractivity (Wildman–Crippen MR) is 50.2 cm³/mol. The lowest BCUT2D eigenvalue weighted by atomic mass is 10.2. The highest BCUT2D eigenvalue weighted by Gasteiger charge is 2.14. The second-order valence-corrected chi connectivity index (χ2v) is 2.77. The van der Waals surface area contributed by atoms with Crippen molar-refractivity contribution >= 4 is 12.3 Å². The standard InChI is InChI=1S/C10H16O3/c1-3-5-6-7-13-10(12)9(4-2)8-11/h4,8-9H,2-3,5-7H2,1H3. The summed E-state index contributed by atoms with van der Waals surface area (Å²) in [5.74, 6) is -1.30. The Morgan fingerprint density at radius 2 is 2.23 bits per heavy atom. The van der Waals surface area contributed by atoms with Gasteiger partial charge in [0, 0.05) is 0 Å². The van der Waals surface area contributed by atoms with Crippen LogP contribution in [0.5, 0.6) is 0 Å². The maximum Gasteiger partial charge on any atom is 0.320 e. The molecule has 0 saturated carbocycles. The number of hydrogen-bond donors (Lipinski definition) is 0. The van der Waals surface area contributed by atoms with Crippen LogP contribution in [0.4, 0.5) is 0 Å². The molecule has 0 saturated heterocycles. The molecule has 0 aliphatic carbocycles. The number of rotatable bonds is 7. The Balaban J connectivity index is 3.60. The van der Waals surface area contributed by atoms with Crippen molar-refractivity contribution < 1.29 is 14.3 Å². The van der Waals surface area contributed by atoms with Gasteiger partial charge in [0.1, 0.15) is 12.2 Å². The van der Waals surface area contributed by atoms with Crippen LogP contribution in [0.25, 0.3) is 0 Å². The molecule has 0 N–H and O–H groups in total. The van der Waals surface area contributed by atoms with Gasteiger partial charge < -0.3 is 9.53 Å². The Kier molecular flexibility index (Phi) is 6.88. The van der Waals surface area contributed by atoms with E-state index in [-0.39, 0.29) is 0 Å². The highest BCUT2D eigenvalue weighted by atomic mass is 16.5. The van der Waals surface area contributed by atoms with E-state index in [0.717, 1.165) is 19.3 Å². The molecule has 1 unspecified atom stereocenters. The normalized spacial score (nSPS) is 11.8. The molecule has 0 aromatic heterocycles. The molecule has 13 heavy (non-hydrogen) atoms. The lowest BCUT2D eigenvalue weighted by Crippen LogP contribution is -2.17. The summed E-state index contributed by atoms with van der Waals surface area (Å²) in [5, 5.41) is 0. The third kappa shape index (κ3) is 5.17. The van der Waals surface area contributed by atoms with Gasteiger partial charge in [0.25, 0.3) is 0 Å². The molecule has 0 spiro atoms. The fourth-order valence-corrected chi connectivity index (χ4v) is 0.828. The van der Waals surface area contributed by atoms with E-state index in [1.807, 2.05) is 0 Å². The second-order valence-electron chi connectivity index (χ2n) is 2.77. The van der Waals surface area contributed by atoms with Crippen LogP contribution >= 0.6 is 0 Å². The number of carbonyl (C=O) groups excluding carboxylic acids is 2. The molecule has 0 amide bonds. The van der Waals surface area contributed by atoms with Crippen molar-refractivity contribution in [2.45, 2.75) is 26.2 Å². The molecule has 0 aliphatic heterocycles. The molecule has 0 rings (SSSR count). The van der Waals surface area contributed by atoms with Crippen molar-refractivity contribution in [3.63, 3.8) is 0 Å². The molecule has 74 valence electrons. The quantitative estimate of drug-likeness (QED) is 0.199. The Morgan fingerprint density at radius 3 is 2.69 bits per heavy atom. The van der Waals surface area contributed by atoms with Crippen molar-refractivity contribution in [3.05, 3.63) is 12.7 Å². The summed E-state index contributed by atoms with van der Waals surface area (Å²) in [6, 6.07) is 0. The number of carbonyl (C=O) groups is 2. The molecular formula is C10H16O3. The number of ether oxygens (including phenoxy) is 1. The van der Waals surface area contributed by atoms with Gasteiger partial charge in [0.05, 0.1) is 6.61 Å². The zero-order chi connectivity index (χ0) is 10.1. The first-order chi connectivity index (χ1) is 6.26. The van der Waals surface area contributed by atoms with Crippen LogP contribution < -0.4 is 0 Å². The fourth-order valence-electron chi connectivity index (χ4n) is 0.828. The zero-order valence-corrected chi connectivity index (χ0v) is 7.99. The molecule has 0 aliphatic rings. The van der Waals surface area contributed by atoms with Crippen LogP contribution in [0.1, 0.15) is 26.2 Å². The van der Waals surface area contributed by atoms with Gasteiger partial charge in [-0.1, -0.05) is 25.8 Å². The molecule has 3 heteroatoms. The van der Waals surface area contributed by atoms with E-state index in [9.17, 15) is 9.59 Å². The SMILES string of the molecule is C=CC(C=O)C(=O)OCCCCC. The lowest BCUT2D eigenvalue weighted by Gasteiger charge is -2.05. The van der Waals surface area contributed by atoms with Gasteiger partial charge in [0.15, 0.2) is 0 Å². The topological polar surface area (TPSA) is 43.4 Å². The second kappa shape index (κ2) is 7.53. The van der Waals surface area contributed by atoms with Gasteiger partial charge in [0.2, 0.25) is 0 Å². The predicted octanol–water partition coefficient (Wildman–Crippen LogP) is 1.72. The summed E-state index contributed by atoms with van der Waals surface area (Å²) in [4.78, 5) is 21.3. The van der Waals surface area contributed by atoms with Crippen LogP contribution in [-0.2, 0) is 14.3 Å². The van der Waals surface area contributed by atoms with Gasteiger partial charge in [-0.05, 0) is 6.42 Å². The van der Waals surface area contributed by atoms with Crippen LogP contribution in [0.2, 0.25) is 0 Å². The van der Waals surface area contributed by atoms with Crippen molar-refractivity contribution in [2.75, 3.05) is 6.61 Å². The van der Waals surface area contributed by atoms with Crippen molar-refractivity contribution in [1.82, 2.24) is 0 Å². The van der Waals surface area contributed by atoms with E-state index in [2.05, 4.69) is 13.5 Å². The van der Waals surface area contributed by atoms with E-state index in [1.165, 1.54) is 6.08 Å².